The van der Waals surface area contributed by atoms with Crippen LogP contribution in [0.5, 0.6) is 11.5 Å². The number of amides is 1. The lowest BCUT2D eigenvalue weighted by molar-refractivity contribution is -0.119. The molecule has 3 rings (SSSR count). The zero-order chi connectivity index (χ0) is 20.8. The normalized spacial score (nSPS) is 17.1. The van der Waals surface area contributed by atoms with Crippen LogP contribution < -0.4 is 19.7 Å². The highest BCUT2D eigenvalue weighted by Gasteiger charge is 2.25. The molecule has 1 fully saturated rings. The van der Waals surface area contributed by atoms with Gasteiger partial charge in [-0.3, -0.25) is 4.79 Å². The highest BCUT2D eigenvalue weighted by atomic mass is 35.5. The van der Waals surface area contributed by atoms with E-state index in [0.717, 1.165) is 48.7 Å². The molecule has 156 valence electrons. The minimum Gasteiger partial charge on any atom is -0.494 e. The van der Waals surface area contributed by atoms with Crippen LogP contribution in [0, 0.1) is 0 Å². The summed E-state index contributed by atoms with van der Waals surface area (Å²) in [6, 6.07) is 13.8. The third-order valence-electron chi connectivity index (χ3n) is 4.98. The quantitative estimate of drug-likeness (QED) is 0.659. The van der Waals surface area contributed by atoms with E-state index in [1.54, 1.807) is 0 Å². The van der Waals surface area contributed by atoms with Crippen LogP contribution in [0.4, 0.5) is 5.69 Å². The van der Waals surface area contributed by atoms with E-state index in [0.29, 0.717) is 11.6 Å². The second kappa shape index (κ2) is 9.88. The average molecular weight is 417 g/mol. The second-order valence-corrected chi connectivity index (χ2v) is 7.83. The van der Waals surface area contributed by atoms with Gasteiger partial charge in [0.05, 0.1) is 29.9 Å². The number of ether oxygens (including phenoxy) is 2. The number of benzene rings is 2. The van der Waals surface area contributed by atoms with Crippen molar-refractivity contribution in [3.05, 3.63) is 53.1 Å². The van der Waals surface area contributed by atoms with Gasteiger partial charge in [-0.2, -0.15) is 0 Å². The summed E-state index contributed by atoms with van der Waals surface area (Å²) >= 11 is 6.49. The molecule has 6 heteroatoms. The van der Waals surface area contributed by atoms with Crippen LogP contribution in [0.25, 0.3) is 0 Å². The van der Waals surface area contributed by atoms with Crippen molar-refractivity contribution in [3.63, 3.8) is 0 Å². The van der Waals surface area contributed by atoms with Gasteiger partial charge in [-0.25, -0.2) is 0 Å². The number of carbonyl (C=O) groups is 1. The maximum atomic E-state index is 11.2. The molecule has 2 aromatic carbocycles. The Bertz CT molecular complexity index is 825. The Hall–Kier alpha value is -2.40. The summed E-state index contributed by atoms with van der Waals surface area (Å²) in [5, 5.41) is 3.59. The predicted octanol–water partition coefficient (Wildman–Crippen LogP) is 4.98. The lowest BCUT2D eigenvalue weighted by Crippen LogP contribution is -2.25. The van der Waals surface area contributed by atoms with E-state index in [1.165, 1.54) is 6.92 Å². The van der Waals surface area contributed by atoms with E-state index in [1.807, 2.05) is 49.4 Å². The van der Waals surface area contributed by atoms with Gasteiger partial charge >= 0.3 is 0 Å². The molecule has 1 aliphatic rings. The summed E-state index contributed by atoms with van der Waals surface area (Å²) in [7, 11) is 0. The van der Waals surface area contributed by atoms with Gasteiger partial charge < -0.3 is 19.7 Å². The van der Waals surface area contributed by atoms with Crippen molar-refractivity contribution >= 4 is 23.2 Å². The zero-order valence-corrected chi connectivity index (χ0v) is 18.0. The molecule has 2 aromatic rings. The molecule has 29 heavy (non-hydrogen) atoms. The molecule has 0 saturated carbocycles. The van der Waals surface area contributed by atoms with Gasteiger partial charge in [-0.1, -0.05) is 30.7 Å². The van der Waals surface area contributed by atoms with Crippen molar-refractivity contribution in [2.24, 2.45) is 0 Å². The Morgan fingerprint density at radius 3 is 2.62 bits per heavy atom. The molecular formula is C23H29ClN2O3. The molecule has 2 atom stereocenters. The first-order valence-electron chi connectivity index (χ1n) is 10.2. The second-order valence-electron chi connectivity index (χ2n) is 7.43. The van der Waals surface area contributed by atoms with Gasteiger partial charge in [0, 0.05) is 26.0 Å². The summed E-state index contributed by atoms with van der Waals surface area (Å²) in [5.74, 6) is 1.61. The van der Waals surface area contributed by atoms with E-state index in [4.69, 9.17) is 21.1 Å². The van der Waals surface area contributed by atoms with Gasteiger partial charge in [0.25, 0.3) is 0 Å². The van der Waals surface area contributed by atoms with Crippen molar-refractivity contribution < 1.29 is 14.3 Å². The molecule has 0 spiro atoms. The van der Waals surface area contributed by atoms with Crippen LogP contribution in [-0.4, -0.2) is 31.7 Å². The van der Waals surface area contributed by atoms with Crippen LogP contribution in [0.3, 0.4) is 0 Å². The molecule has 5 nitrogen and oxygen atoms in total. The lowest BCUT2D eigenvalue weighted by atomic mass is 10.1. The maximum Gasteiger partial charge on any atom is 0.217 e. The molecular weight excluding hydrogens is 388 g/mol. The van der Waals surface area contributed by atoms with Crippen molar-refractivity contribution in [2.45, 2.75) is 45.8 Å². The molecule has 0 radical (unpaired) electrons. The number of anilines is 1. The number of rotatable bonds is 8. The van der Waals surface area contributed by atoms with Gasteiger partial charge in [0.1, 0.15) is 17.6 Å². The van der Waals surface area contributed by atoms with E-state index >= 15 is 0 Å². The Labute approximate surface area is 177 Å². The van der Waals surface area contributed by atoms with E-state index in [-0.39, 0.29) is 18.1 Å². The number of carbonyl (C=O) groups excluding carboxylic acids is 1. The molecule has 1 heterocycles. The van der Waals surface area contributed by atoms with Crippen LogP contribution in [0.15, 0.2) is 42.5 Å². The fourth-order valence-electron chi connectivity index (χ4n) is 3.51. The first-order chi connectivity index (χ1) is 14.0. The van der Waals surface area contributed by atoms with Gasteiger partial charge in [0.2, 0.25) is 5.91 Å². The molecule has 0 unspecified atom stereocenters. The monoisotopic (exact) mass is 416 g/mol. The molecule has 1 N–H and O–H groups in total. The van der Waals surface area contributed by atoms with E-state index < -0.39 is 0 Å². The maximum absolute atomic E-state index is 11.2. The average Bonchev–Trinajstić information content (AvgIpc) is 3.14. The number of halogens is 1. The number of nitrogens with zero attached hydrogens (tertiary/aromatic N) is 1. The topological polar surface area (TPSA) is 50.8 Å². The van der Waals surface area contributed by atoms with Crippen LogP contribution >= 0.6 is 11.6 Å². The molecule has 0 bridgehead atoms. The van der Waals surface area contributed by atoms with Crippen molar-refractivity contribution in [1.29, 1.82) is 0 Å². The zero-order valence-electron chi connectivity index (χ0n) is 17.3. The Kier molecular flexibility index (Phi) is 7.26. The summed E-state index contributed by atoms with van der Waals surface area (Å²) in [5.41, 5.74) is 2.07. The molecule has 1 aliphatic heterocycles. The fraction of sp³-hybridized carbons (Fsp3) is 0.435. The Morgan fingerprint density at radius 2 is 1.97 bits per heavy atom. The number of nitrogens with one attached hydrogen (secondary N) is 1. The van der Waals surface area contributed by atoms with Crippen molar-refractivity contribution in [3.8, 4) is 11.5 Å². The minimum atomic E-state index is -0.0347. The fourth-order valence-corrected chi connectivity index (χ4v) is 3.80. The van der Waals surface area contributed by atoms with Crippen LogP contribution in [0.1, 0.15) is 45.2 Å². The smallest absolute Gasteiger partial charge is 0.217 e. The van der Waals surface area contributed by atoms with Crippen LogP contribution in [0.2, 0.25) is 5.02 Å². The number of hydrogen-bond donors (Lipinski definition) is 1. The molecule has 0 aromatic heterocycles. The van der Waals surface area contributed by atoms with Crippen molar-refractivity contribution in [2.75, 3.05) is 24.6 Å². The van der Waals surface area contributed by atoms with Crippen LogP contribution in [-0.2, 0) is 4.79 Å². The highest BCUT2D eigenvalue weighted by molar-refractivity contribution is 6.33. The predicted molar refractivity (Wildman–Crippen MR) is 117 cm³/mol. The minimum absolute atomic E-state index is 0.0186. The first kappa shape index (κ1) is 21.3. The lowest BCUT2D eigenvalue weighted by Gasteiger charge is -2.21. The summed E-state index contributed by atoms with van der Waals surface area (Å²) < 4.78 is 11.8. The van der Waals surface area contributed by atoms with Crippen molar-refractivity contribution in [1.82, 2.24) is 5.32 Å². The SMILES string of the molecule is CCCOc1ccc(N2CC[C@@H](Oc3ccc([C@H](C)NC(C)=O)cc3)C2)c(Cl)c1. The molecule has 1 amide bonds. The largest absolute Gasteiger partial charge is 0.494 e. The number of hydrogen-bond acceptors (Lipinski definition) is 4. The van der Waals surface area contributed by atoms with Gasteiger partial charge in [-0.05, 0) is 43.2 Å². The summed E-state index contributed by atoms with van der Waals surface area (Å²) in [6.45, 7) is 7.96. The van der Waals surface area contributed by atoms with Gasteiger partial charge in [-0.15, -0.1) is 0 Å². The first-order valence-corrected chi connectivity index (χ1v) is 10.5. The van der Waals surface area contributed by atoms with E-state index in [2.05, 4.69) is 17.1 Å². The Morgan fingerprint density at radius 1 is 1.24 bits per heavy atom. The third-order valence-corrected chi connectivity index (χ3v) is 5.28. The third kappa shape index (κ3) is 5.80. The van der Waals surface area contributed by atoms with Gasteiger partial charge in [0.15, 0.2) is 0 Å². The molecule has 1 saturated heterocycles. The summed E-state index contributed by atoms with van der Waals surface area (Å²) in [6.07, 6.45) is 2.02. The standard InChI is InChI=1S/C23H29ClN2O3/c1-4-13-28-20-9-10-23(22(24)14-20)26-12-11-21(15-26)29-19-7-5-18(6-8-19)16(2)25-17(3)27/h5-10,14,16,21H,4,11-13,15H2,1-3H3,(H,25,27)/t16-,21+/m0/s1. The highest BCUT2D eigenvalue weighted by Crippen LogP contribution is 2.33. The Balaban J connectivity index is 1.56. The molecule has 0 aliphatic carbocycles. The summed E-state index contributed by atoms with van der Waals surface area (Å²) in [4.78, 5) is 13.5. The van der Waals surface area contributed by atoms with E-state index in [9.17, 15) is 4.79 Å².